The molecule has 4 rings (SSSR count). The van der Waals surface area contributed by atoms with Gasteiger partial charge in [-0.05, 0) is 37.0 Å². The Bertz CT molecular complexity index is 1190. The van der Waals surface area contributed by atoms with Gasteiger partial charge in [0.25, 0.3) is 5.78 Å². The van der Waals surface area contributed by atoms with E-state index < -0.39 is 0 Å². The Morgan fingerprint density at radius 3 is 2.48 bits per heavy atom. The van der Waals surface area contributed by atoms with Crippen LogP contribution in [-0.4, -0.2) is 65.0 Å². The molecule has 0 bridgehead atoms. The van der Waals surface area contributed by atoms with Crippen molar-refractivity contribution in [3.05, 3.63) is 35.2 Å². The second kappa shape index (κ2) is 9.65. The number of fused-ring (bicyclic) bond motifs is 2. The number of methoxy groups -OCH3 is 3. The minimum atomic E-state index is -0.336. The molecule has 11 heteroatoms. The van der Waals surface area contributed by atoms with Gasteiger partial charge in [-0.2, -0.15) is 4.98 Å². The van der Waals surface area contributed by atoms with E-state index in [1.807, 2.05) is 12.1 Å². The summed E-state index contributed by atoms with van der Waals surface area (Å²) >= 11 is 1.16. The lowest BCUT2D eigenvalue weighted by Gasteiger charge is -2.24. The molecule has 2 heterocycles. The Hall–Kier alpha value is -3.34. The van der Waals surface area contributed by atoms with Crippen molar-refractivity contribution in [2.24, 2.45) is 0 Å². The number of esters is 1. The van der Waals surface area contributed by atoms with E-state index in [0.717, 1.165) is 17.3 Å². The number of rotatable bonds is 8. The molecular weight excluding hydrogens is 448 g/mol. The molecule has 0 saturated heterocycles. The van der Waals surface area contributed by atoms with Gasteiger partial charge in [0.1, 0.15) is 0 Å². The largest absolute Gasteiger partial charge is 0.493 e. The number of ether oxygens (including phenoxy) is 4. The Labute approximate surface area is 194 Å². The number of nitrogens with zero attached hydrogens (tertiary/aromatic N) is 4. The van der Waals surface area contributed by atoms with Crippen molar-refractivity contribution in [3.8, 4) is 17.2 Å². The van der Waals surface area contributed by atoms with Gasteiger partial charge in [-0.3, -0.25) is 9.59 Å². The molecule has 0 radical (unpaired) electrons. The van der Waals surface area contributed by atoms with Crippen molar-refractivity contribution < 1.29 is 28.5 Å². The molecule has 0 saturated carbocycles. The lowest BCUT2D eigenvalue weighted by molar-refractivity contribution is -0.139. The molecule has 1 aromatic carbocycles. The monoisotopic (exact) mass is 472 g/mol. The number of hydrogen-bond donors (Lipinski definition) is 0. The van der Waals surface area contributed by atoms with Crippen molar-refractivity contribution in [2.45, 2.75) is 30.8 Å². The van der Waals surface area contributed by atoms with Crippen LogP contribution in [0.25, 0.3) is 5.78 Å². The number of benzene rings is 1. The maximum absolute atomic E-state index is 13.0. The van der Waals surface area contributed by atoms with Crippen LogP contribution >= 0.6 is 11.8 Å². The number of aromatic nitrogens is 4. The Morgan fingerprint density at radius 2 is 1.85 bits per heavy atom. The van der Waals surface area contributed by atoms with E-state index in [-0.39, 0.29) is 23.4 Å². The molecule has 0 spiro atoms. The minimum absolute atomic E-state index is 0.0272. The summed E-state index contributed by atoms with van der Waals surface area (Å²) < 4.78 is 22.7. The third-order valence-electron chi connectivity index (χ3n) is 5.35. The van der Waals surface area contributed by atoms with Crippen LogP contribution < -0.4 is 14.2 Å². The van der Waals surface area contributed by atoms with Gasteiger partial charge in [0.05, 0.1) is 44.9 Å². The van der Waals surface area contributed by atoms with Gasteiger partial charge in [0.2, 0.25) is 10.9 Å². The summed E-state index contributed by atoms with van der Waals surface area (Å²) in [4.78, 5) is 33.6. The highest BCUT2D eigenvalue weighted by Crippen LogP contribution is 2.42. The summed E-state index contributed by atoms with van der Waals surface area (Å²) in [5, 5.41) is 4.72. The maximum Gasteiger partial charge on any atom is 0.316 e. The highest BCUT2D eigenvalue weighted by atomic mass is 32.2. The van der Waals surface area contributed by atoms with E-state index >= 15 is 0 Å². The van der Waals surface area contributed by atoms with Gasteiger partial charge in [-0.25, -0.2) is 9.50 Å². The molecule has 0 aliphatic heterocycles. The standard InChI is InChI=1S/C22H24N4O6S/c1-5-32-19(28)11-33-22-24-21-23-15-6-12(7-16(27)14(15)10-26(21)25-22)13-8-17(29-2)20(31-4)18(9-13)30-3/h8-10,12H,5-7,11H2,1-4H3/t12-/m0/s1. The molecule has 0 N–H and O–H groups in total. The lowest BCUT2D eigenvalue weighted by atomic mass is 9.82. The average molecular weight is 473 g/mol. The van der Waals surface area contributed by atoms with Crippen molar-refractivity contribution in [1.82, 2.24) is 19.6 Å². The molecule has 33 heavy (non-hydrogen) atoms. The van der Waals surface area contributed by atoms with E-state index in [2.05, 4.69) is 15.1 Å². The maximum atomic E-state index is 13.0. The average Bonchev–Trinajstić information content (AvgIpc) is 3.22. The number of carbonyl (C=O) groups is 2. The molecule has 0 amide bonds. The number of hydrogen-bond acceptors (Lipinski definition) is 10. The Balaban J connectivity index is 1.62. The molecule has 2 aromatic heterocycles. The molecule has 0 fully saturated rings. The third kappa shape index (κ3) is 4.58. The highest BCUT2D eigenvalue weighted by Gasteiger charge is 2.30. The molecule has 1 aliphatic carbocycles. The van der Waals surface area contributed by atoms with Gasteiger partial charge in [-0.1, -0.05) is 11.8 Å². The smallest absolute Gasteiger partial charge is 0.316 e. The molecule has 3 aromatic rings. The van der Waals surface area contributed by atoms with E-state index in [0.29, 0.717) is 58.9 Å². The first-order valence-corrected chi connectivity index (χ1v) is 11.3. The summed E-state index contributed by atoms with van der Waals surface area (Å²) in [6.45, 7) is 2.07. The summed E-state index contributed by atoms with van der Waals surface area (Å²) in [5.74, 6) is 1.59. The summed E-state index contributed by atoms with van der Waals surface area (Å²) in [6.07, 6.45) is 2.53. The fraction of sp³-hybridized carbons (Fsp3) is 0.409. The van der Waals surface area contributed by atoms with Crippen LogP contribution in [0.3, 0.4) is 0 Å². The summed E-state index contributed by atoms with van der Waals surface area (Å²) in [7, 11) is 4.67. The second-order valence-electron chi connectivity index (χ2n) is 7.32. The number of carbonyl (C=O) groups excluding carboxylic acids is 2. The normalized spacial score (nSPS) is 15.3. The fourth-order valence-corrected chi connectivity index (χ4v) is 4.45. The molecule has 1 atom stereocenters. The van der Waals surface area contributed by atoms with Crippen LogP contribution in [0, 0.1) is 0 Å². The van der Waals surface area contributed by atoms with Crippen LogP contribution in [0.5, 0.6) is 17.2 Å². The van der Waals surface area contributed by atoms with Crippen molar-refractivity contribution in [2.75, 3.05) is 33.7 Å². The predicted octanol–water partition coefficient (Wildman–Crippen LogP) is 2.72. The minimum Gasteiger partial charge on any atom is -0.493 e. The van der Waals surface area contributed by atoms with Crippen LogP contribution in [-0.2, 0) is 16.0 Å². The first kappa shape index (κ1) is 22.8. The van der Waals surface area contributed by atoms with Gasteiger partial charge in [0.15, 0.2) is 17.3 Å². The van der Waals surface area contributed by atoms with Crippen LogP contribution in [0.1, 0.15) is 40.9 Å². The fourth-order valence-electron chi connectivity index (χ4n) is 3.82. The van der Waals surface area contributed by atoms with E-state index in [1.165, 1.54) is 4.52 Å². The Morgan fingerprint density at radius 1 is 1.12 bits per heavy atom. The molecular formula is C22H24N4O6S. The molecule has 10 nitrogen and oxygen atoms in total. The van der Waals surface area contributed by atoms with Gasteiger partial charge < -0.3 is 18.9 Å². The molecule has 174 valence electrons. The summed E-state index contributed by atoms with van der Waals surface area (Å²) in [6, 6.07) is 3.73. The van der Waals surface area contributed by atoms with Gasteiger partial charge in [0, 0.05) is 12.6 Å². The van der Waals surface area contributed by atoms with Crippen molar-refractivity contribution >= 4 is 29.3 Å². The van der Waals surface area contributed by atoms with Gasteiger partial charge >= 0.3 is 5.97 Å². The first-order valence-electron chi connectivity index (χ1n) is 10.3. The number of ketones is 1. The lowest BCUT2D eigenvalue weighted by Crippen LogP contribution is -2.21. The zero-order chi connectivity index (χ0) is 23.5. The Kier molecular flexibility index (Phi) is 6.68. The predicted molar refractivity (Wildman–Crippen MR) is 120 cm³/mol. The topological polar surface area (TPSA) is 114 Å². The zero-order valence-corrected chi connectivity index (χ0v) is 19.6. The van der Waals surface area contributed by atoms with E-state index in [9.17, 15) is 9.59 Å². The quantitative estimate of drug-likeness (QED) is 0.358. The van der Waals surface area contributed by atoms with Crippen LogP contribution in [0.2, 0.25) is 0 Å². The van der Waals surface area contributed by atoms with Crippen molar-refractivity contribution in [1.29, 1.82) is 0 Å². The van der Waals surface area contributed by atoms with Gasteiger partial charge in [-0.15, -0.1) is 5.10 Å². The van der Waals surface area contributed by atoms with Crippen LogP contribution in [0.4, 0.5) is 0 Å². The van der Waals surface area contributed by atoms with Crippen LogP contribution in [0.15, 0.2) is 23.5 Å². The highest BCUT2D eigenvalue weighted by molar-refractivity contribution is 7.99. The number of Topliss-reactive ketones (excluding diaryl/α,β-unsaturated/α-hetero) is 1. The van der Waals surface area contributed by atoms with Crippen molar-refractivity contribution in [3.63, 3.8) is 0 Å². The second-order valence-corrected chi connectivity index (χ2v) is 8.26. The molecule has 0 unspecified atom stereocenters. The van der Waals surface area contributed by atoms with E-state index in [4.69, 9.17) is 18.9 Å². The summed E-state index contributed by atoms with van der Waals surface area (Å²) in [5.41, 5.74) is 2.09. The molecule has 1 aliphatic rings. The third-order valence-corrected chi connectivity index (χ3v) is 6.16. The zero-order valence-electron chi connectivity index (χ0n) is 18.8. The SMILES string of the molecule is CCOC(=O)CSc1nc2nc3c(cn2n1)C(=O)C[C@@H](c1cc(OC)c(OC)c(OC)c1)C3. The van der Waals surface area contributed by atoms with E-state index in [1.54, 1.807) is 34.4 Å². The first-order chi connectivity index (χ1) is 16.0. The number of thioether (sulfide) groups is 1.